The van der Waals surface area contributed by atoms with Crippen molar-refractivity contribution in [2.45, 2.75) is 31.1 Å². The van der Waals surface area contributed by atoms with Crippen molar-refractivity contribution in [2.75, 3.05) is 18.8 Å². The van der Waals surface area contributed by atoms with E-state index in [1.54, 1.807) is 28.6 Å². The highest BCUT2D eigenvalue weighted by Crippen LogP contribution is 2.28. The molecule has 1 fully saturated rings. The van der Waals surface area contributed by atoms with Crippen LogP contribution in [-0.2, 0) is 10.0 Å². The Balaban J connectivity index is 2.21. The summed E-state index contributed by atoms with van der Waals surface area (Å²) in [6.45, 7) is 3.37. The molecule has 1 heterocycles. The van der Waals surface area contributed by atoms with E-state index >= 15 is 0 Å². The maximum Gasteiger partial charge on any atom is 0.245 e. The number of nitrogens with two attached hydrogens (primary N) is 1. The average Bonchev–Trinajstić information content (AvgIpc) is 2.79. The molecule has 0 saturated carbocycles. The molecule has 1 aliphatic rings. The lowest BCUT2D eigenvalue weighted by molar-refractivity contribution is 0.445. The summed E-state index contributed by atoms with van der Waals surface area (Å²) >= 11 is 0. The van der Waals surface area contributed by atoms with Crippen molar-refractivity contribution < 1.29 is 8.42 Å². The fraction of sp³-hybridized carbons (Fsp3) is 0.538. The first-order valence-electron chi connectivity index (χ1n) is 6.40. The van der Waals surface area contributed by atoms with Crippen LogP contribution in [0.5, 0.6) is 0 Å². The fourth-order valence-electron chi connectivity index (χ4n) is 2.51. The Bertz CT molecular complexity index is 513. The highest BCUT2D eigenvalue weighted by Gasteiger charge is 2.32. The van der Waals surface area contributed by atoms with Crippen LogP contribution in [0.25, 0.3) is 0 Å². The monoisotopic (exact) mass is 268 g/mol. The number of nitrogen functional groups attached to an aromatic ring is 1. The van der Waals surface area contributed by atoms with Crippen molar-refractivity contribution in [3.05, 3.63) is 24.3 Å². The van der Waals surface area contributed by atoms with Crippen molar-refractivity contribution in [1.82, 2.24) is 4.31 Å². The molecule has 0 bridgehead atoms. The van der Waals surface area contributed by atoms with Crippen molar-refractivity contribution in [3.8, 4) is 0 Å². The second-order valence-electron chi connectivity index (χ2n) is 4.84. The van der Waals surface area contributed by atoms with Gasteiger partial charge in [0.2, 0.25) is 10.0 Å². The van der Waals surface area contributed by atoms with Crippen molar-refractivity contribution in [1.29, 1.82) is 0 Å². The van der Waals surface area contributed by atoms with Crippen LogP contribution < -0.4 is 5.73 Å². The second kappa shape index (κ2) is 5.28. The first kappa shape index (κ1) is 13.4. The molecule has 0 aliphatic carbocycles. The van der Waals surface area contributed by atoms with Gasteiger partial charge in [-0.05, 0) is 30.9 Å². The van der Waals surface area contributed by atoms with E-state index in [1.165, 1.54) is 0 Å². The fourth-order valence-corrected chi connectivity index (χ4v) is 4.16. The van der Waals surface area contributed by atoms with Crippen LogP contribution in [0.4, 0.5) is 5.69 Å². The molecule has 1 unspecified atom stereocenters. The predicted molar refractivity (Wildman–Crippen MR) is 72.6 cm³/mol. The number of rotatable bonds is 4. The Kier molecular flexibility index (Phi) is 3.92. The number of sulfonamides is 1. The minimum Gasteiger partial charge on any atom is -0.398 e. The van der Waals surface area contributed by atoms with Crippen molar-refractivity contribution >= 4 is 15.7 Å². The number of hydrogen-bond acceptors (Lipinski definition) is 3. The van der Waals surface area contributed by atoms with Crippen LogP contribution >= 0.6 is 0 Å². The van der Waals surface area contributed by atoms with Crippen LogP contribution in [0.2, 0.25) is 0 Å². The normalized spacial score (nSPS) is 21.3. The van der Waals surface area contributed by atoms with E-state index in [0.717, 1.165) is 19.3 Å². The minimum atomic E-state index is -3.41. The Labute approximate surface area is 109 Å². The summed E-state index contributed by atoms with van der Waals surface area (Å²) < 4.78 is 26.5. The standard InChI is InChI=1S/C13H20N2O2S/c1-2-5-11-8-9-15(10-11)18(16,17)13-7-4-3-6-12(13)14/h3-4,6-7,11H,2,5,8-10,14H2,1H3. The Morgan fingerprint density at radius 3 is 2.78 bits per heavy atom. The molecule has 1 saturated heterocycles. The van der Waals surface area contributed by atoms with E-state index < -0.39 is 10.0 Å². The molecule has 0 radical (unpaired) electrons. The van der Waals surface area contributed by atoms with Gasteiger partial charge in [-0.25, -0.2) is 8.42 Å². The Morgan fingerprint density at radius 2 is 2.11 bits per heavy atom. The molecule has 2 rings (SSSR count). The van der Waals surface area contributed by atoms with Crippen LogP contribution in [0.3, 0.4) is 0 Å². The van der Waals surface area contributed by atoms with E-state index in [9.17, 15) is 8.42 Å². The van der Waals surface area contributed by atoms with Gasteiger partial charge < -0.3 is 5.73 Å². The third-order valence-corrected chi connectivity index (χ3v) is 5.42. The maximum absolute atomic E-state index is 12.5. The van der Waals surface area contributed by atoms with Crippen LogP contribution in [-0.4, -0.2) is 25.8 Å². The molecule has 0 amide bonds. The van der Waals surface area contributed by atoms with Crippen LogP contribution in [0.15, 0.2) is 29.2 Å². The van der Waals surface area contributed by atoms with Gasteiger partial charge in [0.25, 0.3) is 0 Å². The third-order valence-electron chi connectivity index (χ3n) is 3.48. The summed E-state index contributed by atoms with van der Waals surface area (Å²) in [7, 11) is -3.41. The average molecular weight is 268 g/mol. The molecule has 0 spiro atoms. The van der Waals surface area contributed by atoms with Gasteiger partial charge in [-0.15, -0.1) is 0 Å². The molecule has 1 aliphatic heterocycles. The van der Waals surface area contributed by atoms with E-state index in [1.807, 2.05) is 0 Å². The first-order chi connectivity index (χ1) is 8.55. The number of anilines is 1. The molecule has 1 aromatic carbocycles. The molecule has 4 nitrogen and oxygen atoms in total. The zero-order chi connectivity index (χ0) is 13.2. The summed E-state index contributed by atoms with van der Waals surface area (Å²) in [5, 5.41) is 0. The molecular formula is C13H20N2O2S. The lowest BCUT2D eigenvalue weighted by atomic mass is 10.0. The summed E-state index contributed by atoms with van der Waals surface area (Å²) in [5.74, 6) is 0.495. The van der Waals surface area contributed by atoms with Crippen LogP contribution in [0.1, 0.15) is 26.2 Å². The first-order valence-corrected chi connectivity index (χ1v) is 7.84. The molecule has 18 heavy (non-hydrogen) atoms. The highest BCUT2D eigenvalue weighted by atomic mass is 32.2. The largest absolute Gasteiger partial charge is 0.398 e. The number of hydrogen-bond donors (Lipinski definition) is 1. The number of para-hydroxylation sites is 1. The summed E-state index contributed by atoms with van der Waals surface area (Å²) in [6.07, 6.45) is 3.15. The topological polar surface area (TPSA) is 63.4 Å². The van der Waals surface area contributed by atoms with E-state index in [0.29, 0.717) is 24.7 Å². The maximum atomic E-state index is 12.5. The van der Waals surface area contributed by atoms with E-state index in [2.05, 4.69) is 6.92 Å². The molecule has 0 aromatic heterocycles. The van der Waals surface area contributed by atoms with Gasteiger partial charge >= 0.3 is 0 Å². The molecular weight excluding hydrogens is 248 g/mol. The quantitative estimate of drug-likeness (QED) is 0.850. The SMILES string of the molecule is CCCC1CCN(S(=O)(=O)c2ccccc2N)C1. The molecule has 5 heteroatoms. The molecule has 1 aromatic rings. The lowest BCUT2D eigenvalue weighted by Crippen LogP contribution is -2.29. The van der Waals surface area contributed by atoms with E-state index in [4.69, 9.17) is 5.73 Å². The van der Waals surface area contributed by atoms with Gasteiger partial charge in [0.05, 0.1) is 5.69 Å². The summed E-state index contributed by atoms with van der Waals surface area (Å²) in [4.78, 5) is 0.238. The van der Waals surface area contributed by atoms with Gasteiger partial charge in [-0.1, -0.05) is 25.5 Å². The van der Waals surface area contributed by atoms with Crippen molar-refractivity contribution in [2.24, 2.45) is 5.92 Å². The number of nitrogens with zero attached hydrogens (tertiary/aromatic N) is 1. The van der Waals surface area contributed by atoms with Gasteiger partial charge in [0.15, 0.2) is 0 Å². The Morgan fingerprint density at radius 1 is 1.39 bits per heavy atom. The van der Waals surface area contributed by atoms with Gasteiger partial charge in [0, 0.05) is 13.1 Å². The second-order valence-corrected chi connectivity index (χ2v) is 6.75. The zero-order valence-electron chi connectivity index (χ0n) is 10.7. The molecule has 100 valence electrons. The number of benzene rings is 1. The van der Waals surface area contributed by atoms with Gasteiger partial charge in [-0.3, -0.25) is 0 Å². The summed E-state index contributed by atoms with van der Waals surface area (Å²) in [6, 6.07) is 6.67. The lowest BCUT2D eigenvalue weighted by Gasteiger charge is -2.17. The van der Waals surface area contributed by atoms with E-state index in [-0.39, 0.29) is 4.90 Å². The van der Waals surface area contributed by atoms with Gasteiger partial charge in [-0.2, -0.15) is 4.31 Å². The molecule has 2 N–H and O–H groups in total. The Hall–Kier alpha value is -1.07. The minimum absolute atomic E-state index is 0.238. The van der Waals surface area contributed by atoms with Gasteiger partial charge in [0.1, 0.15) is 4.90 Å². The van der Waals surface area contributed by atoms with Crippen LogP contribution in [0, 0.1) is 5.92 Å². The highest BCUT2D eigenvalue weighted by molar-refractivity contribution is 7.89. The smallest absolute Gasteiger partial charge is 0.245 e. The molecule has 1 atom stereocenters. The zero-order valence-corrected chi connectivity index (χ0v) is 11.5. The predicted octanol–water partition coefficient (Wildman–Crippen LogP) is 2.08. The van der Waals surface area contributed by atoms with Crippen molar-refractivity contribution in [3.63, 3.8) is 0 Å². The third kappa shape index (κ3) is 2.52. The summed E-state index contributed by atoms with van der Waals surface area (Å²) in [5.41, 5.74) is 6.09.